The van der Waals surface area contributed by atoms with E-state index < -0.39 is 0 Å². The van der Waals surface area contributed by atoms with Gasteiger partial charge in [-0.25, -0.2) is 0 Å². The summed E-state index contributed by atoms with van der Waals surface area (Å²) < 4.78 is 5.76. The van der Waals surface area contributed by atoms with Crippen molar-refractivity contribution in [3.63, 3.8) is 0 Å². The summed E-state index contributed by atoms with van der Waals surface area (Å²) >= 11 is 0. The lowest BCUT2D eigenvalue weighted by Gasteiger charge is -2.28. The monoisotopic (exact) mass is 379 g/mol. The molecular weight excluding hydrogens is 342 g/mol. The molecule has 0 N–H and O–H groups in total. The highest BCUT2D eigenvalue weighted by atomic mass is 16.5. The van der Waals surface area contributed by atoms with E-state index in [-0.39, 0.29) is 0 Å². The number of benzene rings is 1. The normalized spacial score (nSPS) is 19.5. The summed E-state index contributed by atoms with van der Waals surface area (Å²) in [5, 5.41) is 0. The third-order valence-corrected chi connectivity index (χ3v) is 6.22. The molecule has 1 aliphatic rings. The van der Waals surface area contributed by atoms with Crippen LogP contribution in [0.5, 0.6) is 5.75 Å². The first-order valence-electron chi connectivity index (χ1n) is 11.5. The largest absolute Gasteiger partial charge is 0.494 e. The van der Waals surface area contributed by atoms with Gasteiger partial charge in [-0.3, -0.25) is 4.98 Å². The van der Waals surface area contributed by atoms with Crippen LogP contribution in [0.1, 0.15) is 89.7 Å². The summed E-state index contributed by atoms with van der Waals surface area (Å²) in [5.41, 5.74) is 3.69. The Morgan fingerprint density at radius 2 is 1.54 bits per heavy atom. The van der Waals surface area contributed by atoms with Crippen LogP contribution >= 0.6 is 0 Å². The average molecular weight is 380 g/mol. The number of unbranched alkanes of at least 4 members (excludes halogenated alkanes) is 3. The lowest BCUT2D eigenvalue weighted by Crippen LogP contribution is -2.14. The Balaban J connectivity index is 1.51. The molecule has 0 radical (unpaired) electrons. The maximum atomic E-state index is 5.76. The van der Waals surface area contributed by atoms with E-state index in [1.54, 1.807) is 0 Å². The van der Waals surface area contributed by atoms with E-state index in [2.05, 4.69) is 56.4 Å². The molecule has 0 aliphatic heterocycles. The molecule has 1 heterocycles. The van der Waals surface area contributed by atoms with Crippen LogP contribution in [0.2, 0.25) is 0 Å². The van der Waals surface area contributed by atoms with Crippen molar-refractivity contribution >= 4 is 0 Å². The van der Waals surface area contributed by atoms with Gasteiger partial charge >= 0.3 is 0 Å². The molecule has 2 heteroatoms. The number of ether oxygens (including phenoxy) is 1. The molecule has 1 aromatic heterocycles. The van der Waals surface area contributed by atoms with Gasteiger partial charge in [-0.2, -0.15) is 0 Å². The van der Waals surface area contributed by atoms with E-state index >= 15 is 0 Å². The molecule has 0 saturated heterocycles. The second kappa shape index (κ2) is 11.2. The first-order valence-corrected chi connectivity index (χ1v) is 11.5. The second-order valence-corrected chi connectivity index (χ2v) is 8.41. The minimum absolute atomic E-state index is 0.658. The molecule has 0 unspecified atom stereocenters. The van der Waals surface area contributed by atoms with Gasteiger partial charge in [0.1, 0.15) is 5.75 Å². The van der Waals surface area contributed by atoms with Crippen LogP contribution in [0.3, 0.4) is 0 Å². The van der Waals surface area contributed by atoms with Crippen molar-refractivity contribution in [3.8, 4) is 16.9 Å². The van der Waals surface area contributed by atoms with Gasteiger partial charge in [-0.05, 0) is 61.8 Å². The standard InChI is InChI=1S/C26H37NO/c1-3-5-7-8-21-9-11-23(12-10-21)26-18-15-24(20-27-26)22-13-16-25(17-14-22)28-19-6-4-2/h13-18,20-21,23H,3-12,19H2,1-2H3/t21-,23-. The molecule has 3 rings (SSSR count). The highest BCUT2D eigenvalue weighted by Crippen LogP contribution is 2.37. The van der Waals surface area contributed by atoms with E-state index in [0.29, 0.717) is 5.92 Å². The van der Waals surface area contributed by atoms with Crippen molar-refractivity contribution in [1.29, 1.82) is 0 Å². The number of rotatable bonds is 10. The van der Waals surface area contributed by atoms with Gasteiger partial charge in [0.15, 0.2) is 0 Å². The Morgan fingerprint density at radius 3 is 2.18 bits per heavy atom. The third-order valence-electron chi connectivity index (χ3n) is 6.22. The van der Waals surface area contributed by atoms with E-state index in [9.17, 15) is 0 Å². The number of hydrogen-bond donors (Lipinski definition) is 0. The van der Waals surface area contributed by atoms with Gasteiger partial charge in [-0.1, -0.05) is 64.2 Å². The fourth-order valence-electron chi connectivity index (χ4n) is 4.33. The van der Waals surface area contributed by atoms with E-state index in [4.69, 9.17) is 9.72 Å². The molecule has 2 nitrogen and oxygen atoms in total. The van der Waals surface area contributed by atoms with Crippen molar-refractivity contribution < 1.29 is 4.74 Å². The van der Waals surface area contributed by atoms with Gasteiger partial charge in [0.2, 0.25) is 0 Å². The van der Waals surface area contributed by atoms with Crippen molar-refractivity contribution in [3.05, 3.63) is 48.3 Å². The first kappa shape index (κ1) is 20.9. The SMILES string of the molecule is CCCCC[C@H]1CC[C@H](c2ccc(-c3ccc(OCCCC)cc3)cn2)CC1. The van der Waals surface area contributed by atoms with E-state index in [0.717, 1.165) is 31.1 Å². The molecule has 2 aromatic rings. The maximum absolute atomic E-state index is 5.76. The molecule has 0 atom stereocenters. The van der Waals surface area contributed by atoms with Gasteiger partial charge in [0.25, 0.3) is 0 Å². The smallest absolute Gasteiger partial charge is 0.119 e. The van der Waals surface area contributed by atoms with Gasteiger partial charge in [0, 0.05) is 23.4 Å². The predicted molar refractivity (Wildman–Crippen MR) is 119 cm³/mol. The molecule has 152 valence electrons. The Morgan fingerprint density at radius 1 is 0.821 bits per heavy atom. The zero-order valence-electron chi connectivity index (χ0n) is 17.8. The highest BCUT2D eigenvalue weighted by Gasteiger charge is 2.22. The zero-order chi connectivity index (χ0) is 19.6. The van der Waals surface area contributed by atoms with Crippen LogP contribution < -0.4 is 4.74 Å². The molecule has 0 amide bonds. The Labute approximate surface area is 171 Å². The number of nitrogens with zero attached hydrogens (tertiary/aromatic N) is 1. The van der Waals surface area contributed by atoms with Crippen molar-refractivity contribution in [2.75, 3.05) is 6.61 Å². The van der Waals surface area contributed by atoms with Gasteiger partial charge < -0.3 is 4.74 Å². The summed E-state index contributed by atoms with van der Waals surface area (Å²) in [4.78, 5) is 4.83. The minimum atomic E-state index is 0.658. The Hall–Kier alpha value is -1.83. The second-order valence-electron chi connectivity index (χ2n) is 8.41. The van der Waals surface area contributed by atoms with E-state index in [1.165, 1.54) is 68.2 Å². The Kier molecular flexibility index (Phi) is 8.39. The zero-order valence-corrected chi connectivity index (χ0v) is 17.8. The van der Waals surface area contributed by atoms with Crippen molar-refractivity contribution in [2.24, 2.45) is 5.92 Å². The Bertz CT molecular complexity index is 669. The lowest BCUT2D eigenvalue weighted by molar-refractivity contribution is 0.300. The van der Waals surface area contributed by atoms with Crippen LogP contribution in [0, 0.1) is 5.92 Å². The third kappa shape index (κ3) is 6.09. The summed E-state index contributed by atoms with van der Waals surface area (Å²) in [6, 6.07) is 12.9. The number of hydrogen-bond acceptors (Lipinski definition) is 2. The van der Waals surface area contributed by atoms with Gasteiger partial charge in [-0.15, -0.1) is 0 Å². The van der Waals surface area contributed by atoms with E-state index in [1.807, 2.05) is 0 Å². The fourth-order valence-corrected chi connectivity index (χ4v) is 4.33. The molecule has 0 bridgehead atoms. The molecular formula is C26H37NO. The molecule has 1 aliphatic carbocycles. The number of aromatic nitrogens is 1. The van der Waals surface area contributed by atoms with Crippen LogP contribution in [0.15, 0.2) is 42.6 Å². The fraction of sp³-hybridized carbons (Fsp3) is 0.577. The maximum Gasteiger partial charge on any atom is 0.119 e. The summed E-state index contributed by atoms with van der Waals surface area (Å²) in [6.07, 6.45) is 15.3. The van der Waals surface area contributed by atoms with Gasteiger partial charge in [0.05, 0.1) is 6.61 Å². The van der Waals surface area contributed by atoms with Crippen LogP contribution in [0.25, 0.3) is 11.1 Å². The predicted octanol–water partition coefficient (Wildman–Crippen LogP) is 7.78. The van der Waals surface area contributed by atoms with Crippen LogP contribution in [-0.4, -0.2) is 11.6 Å². The molecule has 1 fully saturated rings. The molecule has 1 saturated carbocycles. The number of pyridine rings is 1. The van der Waals surface area contributed by atoms with Crippen molar-refractivity contribution in [1.82, 2.24) is 4.98 Å². The summed E-state index contributed by atoms with van der Waals surface area (Å²) in [7, 11) is 0. The summed E-state index contributed by atoms with van der Waals surface area (Å²) in [5.74, 6) is 2.57. The molecule has 28 heavy (non-hydrogen) atoms. The quantitative estimate of drug-likeness (QED) is 0.393. The summed E-state index contributed by atoms with van der Waals surface area (Å²) in [6.45, 7) is 5.28. The minimum Gasteiger partial charge on any atom is -0.494 e. The van der Waals surface area contributed by atoms with Crippen LogP contribution in [0.4, 0.5) is 0 Å². The lowest BCUT2D eigenvalue weighted by atomic mass is 9.78. The van der Waals surface area contributed by atoms with Crippen molar-refractivity contribution in [2.45, 2.75) is 84.0 Å². The molecule has 1 aromatic carbocycles. The average Bonchev–Trinajstić information content (AvgIpc) is 2.75. The molecule has 0 spiro atoms. The topological polar surface area (TPSA) is 22.1 Å². The highest BCUT2D eigenvalue weighted by molar-refractivity contribution is 5.63. The first-order chi connectivity index (χ1) is 13.8. The van der Waals surface area contributed by atoms with Crippen LogP contribution in [-0.2, 0) is 0 Å².